The highest BCUT2D eigenvalue weighted by molar-refractivity contribution is 8.00. The molecule has 4 atom stereocenters. The molecule has 3 heterocycles. The van der Waals surface area contributed by atoms with Gasteiger partial charge in [0, 0.05) is 28.8 Å². The molecule has 16 heteroatoms. The highest BCUT2D eigenvalue weighted by atomic mass is 35.5. The smallest absolute Gasteiger partial charge is 0.327 e. The van der Waals surface area contributed by atoms with E-state index < -0.39 is 41.2 Å². The van der Waals surface area contributed by atoms with Crippen LogP contribution in [0.2, 0.25) is 10.0 Å². The average Bonchev–Trinajstić information content (AvgIpc) is 3.05. The first-order valence-corrected chi connectivity index (χ1v) is 16.4. The summed E-state index contributed by atoms with van der Waals surface area (Å²) in [6, 6.07) is 7.78. The number of nitrogens with one attached hydrogen (secondary N) is 2. The molecule has 3 aromatic rings. The lowest BCUT2D eigenvalue weighted by molar-refractivity contribution is -0.164. The SMILES string of the molecule is COCCOCCOCC(=O)NC1C(=O)N2C1SCC(/C=C/COc1ccc(Cl)cc1-c1nc3ccc(Cl)cc3c(=O)[nH]1)C2C(=O)O. The number of benzene rings is 2. The van der Waals surface area contributed by atoms with E-state index in [1.54, 1.807) is 49.6 Å². The Kier molecular flexibility index (Phi) is 11.8. The number of H-pyrrole nitrogens is 1. The van der Waals surface area contributed by atoms with Gasteiger partial charge in [-0.05, 0) is 36.4 Å². The molecule has 2 aromatic carbocycles. The maximum Gasteiger partial charge on any atom is 0.327 e. The number of ether oxygens (including phenoxy) is 4. The van der Waals surface area contributed by atoms with E-state index in [0.717, 1.165) is 0 Å². The van der Waals surface area contributed by atoms with E-state index in [-0.39, 0.29) is 31.2 Å². The molecule has 0 spiro atoms. The normalized spacial score (nSPS) is 20.7. The van der Waals surface area contributed by atoms with Crippen molar-refractivity contribution in [1.82, 2.24) is 20.2 Å². The topological polar surface area (TPSA) is 169 Å². The van der Waals surface area contributed by atoms with Crippen LogP contribution in [-0.4, -0.2) is 108 Å². The van der Waals surface area contributed by atoms with Gasteiger partial charge in [-0.15, -0.1) is 11.8 Å². The minimum atomic E-state index is -1.14. The number of methoxy groups -OCH3 is 1. The second-order valence-electron chi connectivity index (χ2n) is 10.6. The number of hydrogen-bond acceptors (Lipinski definition) is 10. The quantitative estimate of drug-likeness (QED) is 0.121. The van der Waals surface area contributed by atoms with E-state index in [1.807, 2.05) is 0 Å². The first kappa shape index (κ1) is 34.7. The largest absolute Gasteiger partial charge is 0.489 e. The van der Waals surface area contributed by atoms with Crippen molar-refractivity contribution >= 4 is 63.7 Å². The van der Waals surface area contributed by atoms with Crippen molar-refractivity contribution in [2.24, 2.45) is 5.92 Å². The third-order valence-corrected chi connectivity index (χ3v) is 9.32. The predicted molar refractivity (Wildman–Crippen MR) is 176 cm³/mol. The molecular weight excluding hydrogens is 675 g/mol. The molecule has 2 aliphatic rings. The Labute approximate surface area is 283 Å². The molecule has 2 amide bonds. The third-order valence-electron chi connectivity index (χ3n) is 7.43. The summed E-state index contributed by atoms with van der Waals surface area (Å²) < 4.78 is 21.4. The van der Waals surface area contributed by atoms with E-state index in [1.165, 1.54) is 22.7 Å². The van der Waals surface area contributed by atoms with Gasteiger partial charge in [0.1, 0.15) is 42.2 Å². The average molecular weight is 708 g/mol. The zero-order valence-electron chi connectivity index (χ0n) is 25.1. The van der Waals surface area contributed by atoms with Crippen molar-refractivity contribution in [1.29, 1.82) is 0 Å². The number of β-lactam (4-membered cyclic amide) rings is 1. The second-order valence-corrected chi connectivity index (χ2v) is 12.6. The van der Waals surface area contributed by atoms with Crippen molar-refractivity contribution in [3.05, 3.63) is 68.9 Å². The Morgan fingerprint density at radius 1 is 1.11 bits per heavy atom. The van der Waals surface area contributed by atoms with E-state index >= 15 is 0 Å². The molecule has 2 saturated heterocycles. The van der Waals surface area contributed by atoms with Crippen LogP contribution >= 0.6 is 35.0 Å². The van der Waals surface area contributed by atoms with Crippen molar-refractivity contribution < 1.29 is 38.4 Å². The fourth-order valence-electron chi connectivity index (χ4n) is 5.22. The number of fused-ring (bicyclic) bond motifs is 2. The summed E-state index contributed by atoms with van der Waals surface area (Å²) in [5, 5.41) is 13.3. The Hall–Kier alpha value is -3.66. The van der Waals surface area contributed by atoms with E-state index in [0.29, 0.717) is 57.8 Å². The van der Waals surface area contributed by atoms with Gasteiger partial charge in [-0.2, -0.15) is 0 Å². The number of nitrogens with zero attached hydrogens (tertiary/aromatic N) is 2. The summed E-state index contributed by atoms with van der Waals surface area (Å²) in [7, 11) is 1.57. The Morgan fingerprint density at radius 2 is 1.85 bits per heavy atom. The van der Waals surface area contributed by atoms with Crippen LogP contribution in [0, 0.1) is 5.92 Å². The molecule has 47 heavy (non-hydrogen) atoms. The number of aromatic nitrogens is 2. The van der Waals surface area contributed by atoms with Gasteiger partial charge in [0.15, 0.2) is 0 Å². The van der Waals surface area contributed by atoms with E-state index in [9.17, 15) is 24.3 Å². The number of carbonyl (C=O) groups is 3. The lowest BCUT2D eigenvalue weighted by Crippen LogP contribution is -2.75. The summed E-state index contributed by atoms with van der Waals surface area (Å²) in [5.74, 6) is -1.54. The van der Waals surface area contributed by atoms with E-state index in [4.69, 9.17) is 42.1 Å². The monoisotopic (exact) mass is 706 g/mol. The summed E-state index contributed by atoms with van der Waals surface area (Å²) in [4.78, 5) is 58.9. The van der Waals surface area contributed by atoms with Crippen LogP contribution in [-0.2, 0) is 28.6 Å². The first-order chi connectivity index (χ1) is 22.7. The molecule has 2 aliphatic heterocycles. The molecule has 1 aromatic heterocycles. The molecule has 0 radical (unpaired) electrons. The van der Waals surface area contributed by atoms with Crippen LogP contribution in [0.15, 0.2) is 53.3 Å². The van der Waals surface area contributed by atoms with Crippen LogP contribution in [0.4, 0.5) is 0 Å². The number of aromatic amines is 1. The first-order valence-electron chi connectivity index (χ1n) is 14.6. The van der Waals surface area contributed by atoms with Gasteiger partial charge in [-0.3, -0.25) is 14.4 Å². The second kappa shape index (κ2) is 16.0. The number of carboxylic acid groups (broad SMARTS) is 1. The number of carboxylic acids is 1. The van der Waals surface area contributed by atoms with Gasteiger partial charge in [0.05, 0.1) is 42.9 Å². The number of thioether (sulfide) groups is 1. The van der Waals surface area contributed by atoms with Gasteiger partial charge in [0.25, 0.3) is 5.56 Å². The fourth-order valence-corrected chi connectivity index (χ4v) is 7.05. The minimum Gasteiger partial charge on any atom is -0.489 e. The van der Waals surface area contributed by atoms with Crippen LogP contribution in [0.5, 0.6) is 5.75 Å². The van der Waals surface area contributed by atoms with Crippen LogP contribution < -0.4 is 15.6 Å². The predicted octanol–water partition coefficient (Wildman–Crippen LogP) is 2.98. The fraction of sp³-hybridized carbons (Fsp3) is 0.387. The van der Waals surface area contributed by atoms with Crippen molar-refractivity contribution in [3.63, 3.8) is 0 Å². The molecule has 0 aliphatic carbocycles. The molecule has 0 bridgehead atoms. The summed E-state index contributed by atoms with van der Waals surface area (Å²) in [6.45, 7) is 1.18. The molecule has 5 rings (SSSR count). The highest BCUT2D eigenvalue weighted by Crippen LogP contribution is 2.41. The highest BCUT2D eigenvalue weighted by Gasteiger charge is 2.57. The number of rotatable bonds is 15. The molecule has 3 N–H and O–H groups in total. The van der Waals surface area contributed by atoms with Crippen LogP contribution in [0.1, 0.15) is 0 Å². The Bertz CT molecular complexity index is 1720. The van der Waals surface area contributed by atoms with Crippen molar-refractivity contribution in [2.75, 3.05) is 52.5 Å². The van der Waals surface area contributed by atoms with Gasteiger partial charge in [-0.1, -0.05) is 35.4 Å². The van der Waals surface area contributed by atoms with Gasteiger partial charge < -0.3 is 39.3 Å². The number of halogens is 2. The lowest BCUT2D eigenvalue weighted by Gasteiger charge is -2.53. The minimum absolute atomic E-state index is 0.0586. The lowest BCUT2D eigenvalue weighted by atomic mass is 9.93. The number of aliphatic carboxylic acids is 1. The number of amides is 2. The van der Waals surface area contributed by atoms with E-state index in [2.05, 4.69) is 15.3 Å². The van der Waals surface area contributed by atoms with Crippen LogP contribution in [0.3, 0.4) is 0 Å². The molecule has 0 saturated carbocycles. The van der Waals surface area contributed by atoms with Crippen molar-refractivity contribution in [3.8, 4) is 17.1 Å². The summed E-state index contributed by atoms with van der Waals surface area (Å²) in [6.07, 6.45) is 3.39. The maximum absolute atomic E-state index is 13.0. The molecule has 4 unspecified atom stereocenters. The van der Waals surface area contributed by atoms with Gasteiger partial charge in [-0.25, -0.2) is 9.78 Å². The van der Waals surface area contributed by atoms with Gasteiger partial charge >= 0.3 is 5.97 Å². The van der Waals surface area contributed by atoms with Crippen molar-refractivity contribution in [2.45, 2.75) is 17.5 Å². The maximum atomic E-state index is 13.0. The molecule has 2 fully saturated rings. The zero-order valence-corrected chi connectivity index (χ0v) is 27.5. The molecular formula is C31H32Cl2N4O9S. The Balaban J connectivity index is 1.18. The van der Waals surface area contributed by atoms with Crippen LogP contribution in [0.25, 0.3) is 22.3 Å². The zero-order chi connectivity index (χ0) is 33.5. The molecule has 250 valence electrons. The Morgan fingerprint density at radius 3 is 2.64 bits per heavy atom. The standard InChI is InChI=1S/C31H32Cl2N4O9S/c1-43-9-10-44-11-12-45-15-24(38)35-25-29(40)37-26(31(41)42)17(16-47-30(25)37)3-2-8-46-23-7-5-19(33)14-21(23)27-34-22-6-4-18(32)13-20(22)28(39)36-27/h2-7,13-14,17,25-26,30H,8-12,15-16H2,1H3,(H,35,38)(H,41,42)(H,34,36,39)/b3-2+. The third kappa shape index (κ3) is 8.26. The van der Waals surface area contributed by atoms with Gasteiger partial charge in [0.2, 0.25) is 11.8 Å². The summed E-state index contributed by atoms with van der Waals surface area (Å²) >= 11 is 13.7. The molecule has 13 nitrogen and oxygen atoms in total. The summed E-state index contributed by atoms with van der Waals surface area (Å²) in [5.41, 5.74) is 0.530. The number of hydrogen-bond donors (Lipinski definition) is 3. The number of carbonyl (C=O) groups excluding carboxylic acids is 2.